The first-order valence-corrected chi connectivity index (χ1v) is 7.23. The normalized spacial score (nSPS) is 12.1. The van der Waals surface area contributed by atoms with Crippen molar-refractivity contribution in [2.75, 3.05) is 18.2 Å². The molecule has 0 amide bonds. The van der Waals surface area contributed by atoms with Crippen molar-refractivity contribution >= 4 is 22.8 Å². The van der Waals surface area contributed by atoms with Crippen LogP contribution in [-0.2, 0) is 0 Å². The Morgan fingerprint density at radius 2 is 2.26 bits per heavy atom. The van der Waals surface area contributed by atoms with Gasteiger partial charge in [-0.25, -0.2) is 0 Å². The van der Waals surface area contributed by atoms with Gasteiger partial charge in [-0.1, -0.05) is 19.4 Å². The van der Waals surface area contributed by atoms with Crippen molar-refractivity contribution in [1.82, 2.24) is 4.98 Å². The minimum absolute atomic E-state index is 0.283. The summed E-state index contributed by atoms with van der Waals surface area (Å²) in [6.45, 7) is 2.18. The van der Waals surface area contributed by atoms with Gasteiger partial charge in [0.1, 0.15) is 5.82 Å². The summed E-state index contributed by atoms with van der Waals surface area (Å²) in [5.41, 5.74) is 6.32. The van der Waals surface area contributed by atoms with Crippen molar-refractivity contribution in [3.05, 3.63) is 34.5 Å². The van der Waals surface area contributed by atoms with E-state index in [1.807, 2.05) is 12.1 Å². The fourth-order valence-electron chi connectivity index (χ4n) is 1.94. The number of rotatable bonds is 6. The highest BCUT2D eigenvalue weighted by atomic mass is 32.1. The SMILES string of the molecule is CCCC(Nc1ccc(N)c(OC)n1)c1cccs1. The van der Waals surface area contributed by atoms with E-state index in [-0.39, 0.29) is 6.04 Å². The number of hydrogen-bond donors (Lipinski definition) is 2. The fourth-order valence-corrected chi connectivity index (χ4v) is 2.75. The summed E-state index contributed by atoms with van der Waals surface area (Å²) in [6, 6.07) is 8.19. The van der Waals surface area contributed by atoms with Crippen molar-refractivity contribution in [2.24, 2.45) is 0 Å². The van der Waals surface area contributed by atoms with Gasteiger partial charge < -0.3 is 15.8 Å². The highest BCUT2D eigenvalue weighted by Gasteiger charge is 2.13. The molecule has 2 aromatic rings. The van der Waals surface area contributed by atoms with Gasteiger partial charge in [-0.05, 0) is 30.0 Å². The van der Waals surface area contributed by atoms with E-state index in [9.17, 15) is 0 Å². The van der Waals surface area contributed by atoms with Crippen molar-refractivity contribution in [3.8, 4) is 5.88 Å². The molecule has 1 unspecified atom stereocenters. The minimum Gasteiger partial charge on any atom is -0.479 e. The molecule has 0 aliphatic carbocycles. The summed E-state index contributed by atoms with van der Waals surface area (Å²) in [5, 5.41) is 5.54. The second kappa shape index (κ2) is 6.43. The first-order chi connectivity index (χ1) is 9.24. The number of nitrogens with one attached hydrogen (secondary N) is 1. The Bertz CT molecular complexity index is 513. The molecule has 0 bridgehead atoms. The summed E-state index contributed by atoms with van der Waals surface area (Å²) < 4.78 is 5.14. The van der Waals surface area contributed by atoms with E-state index >= 15 is 0 Å². The molecule has 4 nitrogen and oxygen atoms in total. The van der Waals surface area contributed by atoms with E-state index in [4.69, 9.17) is 10.5 Å². The van der Waals surface area contributed by atoms with E-state index in [2.05, 4.69) is 34.7 Å². The van der Waals surface area contributed by atoms with Crippen LogP contribution in [0.3, 0.4) is 0 Å². The molecule has 0 aliphatic rings. The molecule has 2 rings (SSSR count). The molecule has 102 valence electrons. The van der Waals surface area contributed by atoms with Crippen LogP contribution in [0.2, 0.25) is 0 Å². The average molecular weight is 277 g/mol. The van der Waals surface area contributed by atoms with E-state index in [1.54, 1.807) is 18.4 Å². The molecule has 0 spiro atoms. The van der Waals surface area contributed by atoms with Crippen molar-refractivity contribution in [3.63, 3.8) is 0 Å². The standard InChI is InChI=1S/C14H19N3OS/c1-3-5-11(12-6-4-9-19-12)16-13-8-7-10(15)14(17-13)18-2/h4,6-9,11H,3,5,15H2,1-2H3,(H,16,17). The van der Waals surface area contributed by atoms with E-state index < -0.39 is 0 Å². The van der Waals surface area contributed by atoms with Crippen molar-refractivity contribution in [1.29, 1.82) is 0 Å². The minimum atomic E-state index is 0.283. The first-order valence-electron chi connectivity index (χ1n) is 6.35. The number of pyridine rings is 1. The topological polar surface area (TPSA) is 60.2 Å². The maximum atomic E-state index is 5.77. The Hall–Kier alpha value is -1.75. The molecule has 0 aromatic carbocycles. The lowest BCUT2D eigenvalue weighted by molar-refractivity contribution is 0.400. The monoisotopic (exact) mass is 277 g/mol. The quantitative estimate of drug-likeness (QED) is 0.845. The zero-order valence-corrected chi connectivity index (χ0v) is 12.0. The zero-order chi connectivity index (χ0) is 13.7. The van der Waals surface area contributed by atoms with Crippen LogP contribution in [0, 0.1) is 0 Å². The maximum Gasteiger partial charge on any atom is 0.238 e. The Kier molecular flexibility index (Phi) is 4.63. The largest absolute Gasteiger partial charge is 0.479 e. The smallest absolute Gasteiger partial charge is 0.238 e. The summed E-state index contributed by atoms with van der Waals surface area (Å²) in [4.78, 5) is 5.69. The highest BCUT2D eigenvalue weighted by Crippen LogP contribution is 2.28. The second-order valence-electron chi connectivity index (χ2n) is 4.30. The highest BCUT2D eigenvalue weighted by molar-refractivity contribution is 7.10. The van der Waals surface area contributed by atoms with Gasteiger partial charge in [0.15, 0.2) is 0 Å². The lowest BCUT2D eigenvalue weighted by atomic mass is 10.1. The number of nitrogens with zero attached hydrogens (tertiary/aromatic N) is 1. The molecule has 5 heteroatoms. The summed E-state index contributed by atoms with van der Waals surface area (Å²) in [7, 11) is 1.57. The number of nitrogen functional groups attached to an aromatic ring is 1. The van der Waals surface area contributed by atoms with Gasteiger partial charge in [-0.15, -0.1) is 11.3 Å². The van der Waals surface area contributed by atoms with Gasteiger partial charge in [0.05, 0.1) is 18.8 Å². The predicted octanol–water partition coefficient (Wildman–Crippen LogP) is 3.69. The van der Waals surface area contributed by atoms with Gasteiger partial charge in [-0.2, -0.15) is 4.98 Å². The Labute approximate surface area is 117 Å². The summed E-state index contributed by atoms with van der Waals surface area (Å²) >= 11 is 1.76. The number of nitrogens with two attached hydrogens (primary N) is 1. The number of aromatic nitrogens is 1. The van der Waals surface area contributed by atoms with E-state index in [1.165, 1.54) is 4.88 Å². The van der Waals surface area contributed by atoms with E-state index in [0.29, 0.717) is 11.6 Å². The molecule has 0 radical (unpaired) electrons. The Morgan fingerprint density at radius 1 is 1.42 bits per heavy atom. The molecule has 1 atom stereocenters. The van der Waals surface area contributed by atoms with Crippen molar-refractivity contribution in [2.45, 2.75) is 25.8 Å². The lowest BCUT2D eigenvalue weighted by Crippen LogP contribution is -2.11. The summed E-state index contributed by atoms with van der Waals surface area (Å²) in [5.74, 6) is 1.25. The predicted molar refractivity (Wildman–Crippen MR) is 80.8 cm³/mol. The van der Waals surface area contributed by atoms with Gasteiger partial charge in [0, 0.05) is 4.88 Å². The Balaban J connectivity index is 2.17. The van der Waals surface area contributed by atoms with Gasteiger partial charge in [-0.3, -0.25) is 0 Å². The molecule has 3 N–H and O–H groups in total. The number of ether oxygens (including phenoxy) is 1. The molecule has 2 aromatic heterocycles. The maximum absolute atomic E-state index is 5.77. The summed E-state index contributed by atoms with van der Waals surface area (Å²) in [6.07, 6.45) is 2.18. The number of hydrogen-bond acceptors (Lipinski definition) is 5. The van der Waals surface area contributed by atoms with Gasteiger partial charge in [0.25, 0.3) is 0 Å². The van der Waals surface area contributed by atoms with Gasteiger partial charge >= 0.3 is 0 Å². The fraction of sp³-hybridized carbons (Fsp3) is 0.357. The van der Waals surface area contributed by atoms with Crippen LogP contribution >= 0.6 is 11.3 Å². The third kappa shape index (κ3) is 3.38. The third-order valence-corrected chi connectivity index (χ3v) is 3.86. The lowest BCUT2D eigenvalue weighted by Gasteiger charge is -2.18. The van der Waals surface area contributed by atoms with Crippen LogP contribution in [0.4, 0.5) is 11.5 Å². The molecular weight excluding hydrogens is 258 g/mol. The van der Waals surface area contributed by atoms with Crippen LogP contribution in [0.1, 0.15) is 30.7 Å². The number of methoxy groups -OCH3 is 1. The zero-order valence-electron chi connectivity index (χ0n) is 11.2. The molecule has 19 heavy (non-hydrogen) atoms. The molecule has 0 saturated heterocycles. The van der Waals surface area contributed by atoms with Crippen LogP contribution in [0.25, 0.3) is 0 Å². The Morgan fingerprint density at radius 3 is 2.89 bits per heavy atom. The molecular formula is C14H19N3OS. The van der Waals surface area contributed by atoms with Gasteiger partial charge in [0.2, 0.25) is 5.88 Å². The van der Waals surface area contributed by atoms with Crippen LogP contribution < -0.4 is 15.8 Å². The van der Waals surface area contributed by atoms with Crippen molar-refractivity contribution < 1.29 is 4.74 Å². The van der Waals surface area contributed by atoms with E-state index in [0.717, 1.165) is 18.7 Å². The van der Waals surface area contributed by atoms with Crippen LogP contribution in [0.5, 0.6) is 5.88 Å². The molecule has 0 saturated carbocycles. The number of anilines is 2. The molecule has 2 heterocycles. The second-order valence-corrected chi connectivity index (χ2v) is 5.28. The first kappa shape index (κ1) is 13.7. The number of thiophene rings is 1. The molecule has 0 aliphatic heterocycles. The average Bonchev–Trinajstić information content (AvgIpc) is 2.94. The third-order valence-electron chi connectivity index (χ3n) is 2.87. The van der Waals surface area contributed by atoms with Crippen LogP contribution in [-0.4, -0.2) is 12.1 Å². The molecule has 0 fully saturated rings. The van der Waals surface area contributed by atoms with Crippen LogP contribution in [0.15, 0.2) is 29.6 Å².